The number of hydrogen-bond acceptors (Lipinski definition) is 3. The average Bonchev–Trinajstić information content (AvgIpc) is 2.28. The molecule has 0 bridgehead atoms. The average molecular weight is 385 g/mol. The monoisotopic (exact) mass is 383 g/mol. The predicted octanol–water partition coefficient (Wildman–Crippen LogP) is 3.68. The summed E-state index contributed by atoms with van der Waals surface area (Å²) in [5, 5.41) is 3.42. The van der Waals surface area contributed by atoms with E-state index in [4.69, 9.17) is 0 Å². The molecular formula is C14H24BrCl2N3. The third-order valence-electron chi connectivity index (χ3n) is 3.40. The zero-order valence-electron chi connectivity index (χ0n) is 12.2. The lowest BCUT2D eigenvalue weighted by molar-refractivity contribution is 0.0861. The van der Waals surface area contributed by atoms with Gasteiger partial charge in [0.1, 0.15) is 4.60 Å². The van der Waals surface area contributed by atoms with E-state index in [1.54, 1.807) is 0 Å². The Morgan fingerprint density at radius 1 is 1.25 bits per heavy atom. The van der Waals surface area contributed by atoms with Crippen LogP contribution in [0.3, 0.4) is 0 Å². The molecule has 116 valence electrons. The molecule has 20 heavy (non-hydrogen) atoms. The van der Waals surface area contributed by atoms with E-state index in [-0.39, 0.29) is 30.2 Å². The highest BCUT2D eigenvalue weighted by Crippen LogP contribution is 2.38. The molecule has 1 atom stereocenters. The molecule has 3 nitrogen and oxygen atoms in total. The number of rotatable bonds is 2. The molecule has 1 fully saturated rings. The topological polar surface area (TPSA) is 28.2 Å². The second-order valence-electron chi connectivity index (χ2n) is 5.97. The van der Waals surface area contributed by atoms with Crippen LogP contribution in [0.2, 0.25) is 0 Å². The lowest BCUT2D eigenvalue weighted by Crippen LogP contribution is -2.48. The van der Waals surface area contributed by atoms with Crippen LogP contribution in [-0.2, 0) is 0 Å². The lowest BCUT2D eigenvalue weighted by atomic mass is 9.81. The standard InChI is InChI=1S/C14H22BrN3.2ClH/c1-14(2,3)13(18-8-6-16-7-9-18)11-4-5-17-12(15)10-11;;/h4-5,10,13,16H,6-9H2,1-3H3;2*1H/t13-;;/m1../s1. The van der Waals surface area contributed by atoms with Gasteiger partial charge in [0.2, 0.25) is 0 Å². The SMILES string of the molecule is CC(C)(C)[C@@H](c1ccnc(Br)c1)N1CCNCC1.Cl.Cl. The van der Waals surface area contributed by atoms with E-state index in [1.165, 1.54) is 5.56 Å². The van der Waals surface area contributed by atoms with Gasteiger partial charge in [-0.1, -0.05) is 20.8 Å². The number of hydrogen-bond donors (Lipinski definition) is 1. The van der Waals surface area contributed by atoms with Crippen molar-refractivity contribution in [2.45, 2.75) is 26.8 Å². The van der Waals surface area contributed by atoms with Crippen LogP contribution in [0.5, 0.6) is 0 Å². The predicted molar refractivity (Wildman–Crippen MR) is 93.1 cm³/mol. The molecule has 2 rings (SSSR count). The van der Waals surface area contributed by atoms with Gasteiger partial charge in [0.25, 0.3) is 0 Å². The molecule has 1 saturated heterocycles. The summed E-state index contributed by atoms with van der Waals surface area (Å²) in [5.41, 5.74) is 1.57. The molecular weight excluding hydrogens is 361 g/mol. The molecule has 1 aliphatic rings. The highest BCUT2D eigenvalue weighted by molar-refractivity contribution is 9.10. The van der Waals surface area contributed by atoms with Crippen molar-refractivity contribution < 1.29 is 0 Å². The number of piperazine rings is 1. The first-order chi connectivity index (χ1) is 8.48. The van der Waals surface area contributed by atoms with E-state index in [2.05, 4.69) is 64.0 Å². The smallest absolute Gasteiger partial charge is 0.106 e. The minimum absolute atomic E-state index is 0. The van der Waals surface area contributed by atoms with Gasteiger partial charge >= 0.3 is 0 Å². The van der Waals surface area contributed by atoms with Gasteiger partial charge in [0.05, 0.1) is 0 Å². The minimum Gasteiger partial charge on any atom is -0.314 e. The van der Waals surface area contributed by atoms with Crippen LogP contribution < -0.4 is 5.32 Å². The fourth-order valence-electron chi connectivity index (χ4n) is 2.79. The van der Waals surface area contributed by atoms with Gasteiger partial charge in [-0.2, -0.15) is 0 Å². The molecule has 0 saturated carbocycles. The lowest BCUT2D eigenvalue weighted by Gasteiger charge is -2.42. The van der Waals surface area contributed by atoms with E-state index in [9.17, 15) is 0 Å². The highest BCUT2D eigenvalue weighted by Gasteiger charge is 2.32. The molecule has 1 aromatic rings. The molecule has 2 heterocycles. The first-order valence-corrected chi connectivity index (χ1v) is 7.34. The van der Waals surface area contributed by atoms with Gasteiger partial charge in [0, 0.05) is 38.4 Å². The minimum atomic E-state index is 0. The Kier molecular flexibility index (Phi) is 8.60. The summed E-state index contributed by atoms with van der Waals surface area (Å²) in [6, 6.07) is 4.74. The summed E-state index contributed by atoms with van der Waals surface area (Å²) < 4.78 is 0.921. The number of nitrogens with zero attached hydrogens (tertiary/aromatic N) is 2. The van der Waals surface area contributed by atoms with Gasteiger partial charge in [-0.25, -0.2) is 4.98 Å². The largest absolute Gasteiger partial charge is 0.314 e. The number of aromatic nitrogens is 1. The first-order valence-electron chi connectivity index (χ1n) is 6.55. The summed E-state index contributed by atoms with van der Waals surface area (Å²) in [6.07, 6.45) is 1.89. The summed E-state index contributed by atoms with van der Waals surface area (Å²) in [7, 11) is 0. The van der Waals surface area contributed by atoms with Crippen molar-refractivity contribution in [1.29, 1.82) is 0 Å². The normalized spacial score (nSPS) is 17.8. The van der Waals surface area contributed by atoms with E-state index < -0.39 is 0 Å². The third kappa shape index (κ3) is 5.15. The number of nitrogens with one attached hydrogen (secondary N) is 1. The molecule has 1 aromatic heterocycles. The molecule has 0 aromatic carbocycles. The quantitative estimate of drug-likeness (QED) is 0.788. The van der Waals surface area contributed by atoms with Gasteiger partial charge in [-0.3, -0.25) is 4.90 Å². The van der Waals surface area contributed by atoms with E-state index in [0.29, 0.717) is 6.04 Å². The molecule has 0 spiro atoms. The van der Waals surface area contributed by atoms with Crippen molar-refractivity contribution in [1.82, 2.24) is 15.2 Å². The third-order valence-corrected chi connectivity index (χ3v) is 3.84. The van der Waals surface area contributed by atoms with E-state index in [0.717, 1.165) is 30.8 Å². The van der Waals surface area contributed by atoms with Crippen molar-refractivity contribution in [3.8, 4) is 0 Å². The van der Waals surface area contributed by atoms with Crippen molar-refractivity contribution in [3.05, 3.63) is 28.5 Å². The Bertz CT molecular complexity index is 404. The summed E-state index contributed by atoms with van der Waals surface area (Å²) in [4.78, 5) is 6.82. The van der Waals surface area contributed by atoms with Gasteiger partial charge in [0.15, 0.2) is 0 Å². The Morgan fingerprint density at radius 2 is 1.85 bits per heavy atom. The maximum Gasteiger partial charge on any atom is 0.106 e. The molecule has 0 aliphatic carbocycles. The van der Waals surface area contributed by atoms with Crippen LogP contribution in [-0.4, -0.2) is 36.1 Å². The molecule has 0 amide bonds. The van der Waals surface area contributed by atoms with Crippen LogP contribution in [0.1, 0.15) is 32.4 Å². The zero-order chi connectivity index (χ0) is 13.2. The Hall–Kier alpha value is 0.130. The van der Waals surface area contributed by atoms with Crippen LogP contribution >= 0.6 is 40.7 Å². The Morgan fingerprint density at radius 3 is 2.35 bits per heavy atom. The maximum absolute atomic E-state index is 4.24. The van der Waals surface area contributed by atoms with Gasteiger partial charge < -0.3 is 5.32 Å². The van der Waals surface area contributed by atoms with Crippen molar-refractivity contribution >= 4 is 40.7 Å². The van der Waals surface area contributed by atoms with Crippen LogP contribution in [0, 0.1) is 5.41 Å². The van der Waals surface area contributed by atoms with Crippen molar-refractivity contribution in [3.63, 3.8) is 0 Å². The summed E-state index contributed by atoms with van der Waals surface area (Å²) in [5.74, 6) is 0. The fraction of sp³-hybridized carbons (Fsp3) is 0.643. The number of halogens is 3. The Labute approximate surface area is 142 Å². The summed E-state index contributed by atoms with van der Waals surface area (Å²) >= 11 is 3.48. The molecule has 6 heteroatoms. The summed E-state index contributed by atoms with van der Waals surface area (Å²) in [6.45, 7) is 11.3. The Balaban J connectivity index is 0.00000180. The highest BCUT2D eigenvalue weighted by atomic mass is 79.9. The molecule has 0 unspecified atom stereocenters. The zero-order valence-corrected chi connectivity index (χ0v) is 15.4. The fourth-order valence-corrected chi connectivity index (χ4v) is 3.17. The molecule has 1 aliphatic heterocycles. The maximum atomic E-state index is 4.24. The first kappa shape index (κ1) is 20.1. The van der Waals surface area contributed by atoms with Crippen molar-refractivity contribution in [2.75, 3.05) is 26.2 Å². The second-order valence-corrected chi connectivity index (χ2v) is 6.78. The van der Waals surface area contributed by atoms with Crippen molar-refractivity contribution in [2.24, 2.45) is 5.41 Å². The van der Waals surface area contributed by atoms with Crippen LogP contribution in [0.25, 0.3) is 0 Å². The molecule has 1 N–H and O–H groups in total. The molecule has 0 radical (unpaired) electrons. The van der Waals surface area contributed by atoms with E-state index >= 15 is 0 Å². The van der Waals surface area contributed by atoms with Crippen LogP contribution in [0.4, 0.5) is 0 Å². The van der Waals surface area contributed by atoms with Crippen LogP contribution in [0.15, 0.2) is 22.9 Å². The van der Waals surface area contributed by atoms with Gasteiger partial charge in [-0.15, -0.1) is 24.8 Å². The van der Waals surface area contributed by atoms with Gasteiger partial charge in [-0.05, 0) is 39.0 Å². The number of pyridine rings is 1. The second kappa shape index (κ2) is 8.54. The van der Waals surface area contributed by atoms with E-state index in [1.807, 2.05) is 6.20 Å².